The Morgan fingerprint density at radius 3 is 2.30 bits per heavy atom. The zero-order valence-electron chi connectivity index (χ0n) is 12.6. The van der Waals surface area contributed by atoms with Gasteiger partial charge in [0, 0.05) is 6.54 Å². The lowest BCUT2D eigenvalue weighted by Crippen LogP contribution is -2.25. The average Bonchev–Trinajstić information content (AvgIpc) is 2.55. The van der Waals surface area contributed by atoms with Crippen molar-refractivity contribution in [2.45, 2.75) is 17.4 Å². The first-order valence-corrected chi connectivity index (χ1v) is 8.48. The third-order valence-corrected chi connectivity index (χ3v) is 4.81. The average molecular weight is 339 g/mol. The largest absolute Gasteiger partial charge is 0.497 e. The molecule has 0 saturated carbocycles. The van der Waals surface area contributed by atoms with E-state index in [0.717, 1.165) is 0 Å². The van der Waals surface area contributed by atoms with E-state index in [2.05, 4.69) is 4.72 Å². The fourth-order valence-electron chi connectivity index (χ4n) is 2.02. The molecule has 0 radical (unpaired) electrons. The summed E-state index contributed by atoms with van der Waals surface area (Å²) in [5.74, 6) is 0.178. The van der Waals surface area contributed by atoms with E-state index in [0.29, 0.717) is 11.3 Å². The van der Waals surface area contributed by atoms with Crippen LogP contribution in [0.25, 0.3) is 0 Å². The van der Waals surface area contributed by atoms with Gasteiger partial charge in [0.15, 0.2) is 0 Å². The number of ether oxygens (including phenoxy) is 1. The van der Waals surface area contributed by atoms with Gasteiger partial charge in [-0.1, -0.05) is 12.1 Å². The maximum atomic E-state index is 12.8. The second kappa shape index (κ2) is 7.54. The minimum absolute atomic E-state index is 0.0624. The number of halogens is 1. The number of hydrogen-bond acceptors (Lipinski definition) is 4. The smallest absolute Gasteiger partial charge is 0.240 e. The number of nitrogens with one attached hydrogen (secondary N) is 1. The Morgan fingerprint density at radius 2 is 1.74 bits per heavy atom. The lowest BCUT2D eigenvalue weighted by Gasteiger charge is -2.12. The van der Waals surface area contributed by atoms with E-state index in [-0.39, 0.29) is 23.7 Å². The van der Waals surface area contributed by atoms with Crippen LogP contribution in [0.15, 0.2) is 53.4 Å². The van der Waals surface area contributed by atoms with Crippen molar-refractivity contribution in [3.63, 3.8) is 0 Å². The lowest BCUT2D eigenvalue weighted by atomic mass is 10.1. The number of methoxy groups -OCH3 is 1. The Bertz CT molecular complexity index is 730. The summed E-state index contributed by atoms with van der Waals surface area (Å²) in [6.45, 7) is 0.0624. The third-order valence-electron chi connectivity index (χ3n) is 3.33. The summed E-state index contributed by atoms with van der Waals surface area (Å²) in [7, 11) is -2.15. The van der Waals surface area contributed by atoms with Crippen LogP contribution in [0.3, 0.4) is 0 Å². The molecule has 2 aromatic rings. The van der Waals surface area contributed by atoms with E-state index in [9.17, 15) is 17.9 Å². The first kappa shape index (κ1) is 17.4. The molecule has 2 rings (SSSR count). The quantitative estimate of drug-likeness (QED) is 0.811. The van der Waals surface area contributed by atoms with Gasteiger partial charge >= 0.3 is 0 Å². The monoisotopic (exact) mass is 339 g/mol. The molecule has 0 bridgehead atoms. The van der Waals surface area contributed by atoms with Gasteiger partial charge in [-0.15, -0.1) is 0 Å². The summed E-state index contributed by atoms with van der Waals surface area (Å²) in [6.07, 6.45) is -0.685. The van der Waals surface area contributed by atoms with Crippen molar-refractivity contribution in [3.05, 3.63) is 59.9 Å². The van der Waals surface area contributed by atoms with Crippen LogP contribution in [0, 0.1) is 5.82 Å². The van der Waals surface area contributed by atoms with Gasteiger partial charge in [0.2, 0.25) is 10.0 Å². The highest BCUT2D eigenvalue weighted by Crippen LogP contribution is 2.18. The number of benzene rings is 2. The van der Waals surface area contributed by atoms with Crippen molar-refractivity contribution in [1.29, 1.82) is 0 Å². The van der Waals surface area contributed by atoms with Crippen LogP contribution >= 0.6 is 0 Å². The molecule has 7 heteroatoms. The van der Waals surface area contributed by atoms with E-state index >= 15 is 0 Å². The molecule has 0 amide bonds. The summed E-state index contributed by atoms with van der Waals surface area (Å²) in [5.41, 5.74) is 0.537. The van der Waals surface area contributed by atoms with Gasteiger partial charge in [-0.25, -0.2) is 17.5 Å². The van der Waals surface area contributed by atoms with Crippen LogP contribution in [0.4, 0.5) is 4.39 Å². The minimum Gasteiger partial charge on any atom is -0.497 e. The molecule has 2 N–H and O–H groups in total. The zero-order chi connectivity index (χ0) is 16.9. The molecule has 1 unspecified atom stereocenters. The van der Waals surface area contributed by atoms with Crippen LogP contribution in [-0.2, 0) is 10.0 Å². The molecule has 0 aromatic heterocycles. The molecule has 0 aliphatic heterocycles. The number of aliphatic hydroxyl groups excluding tert-OH is 1. The summed E-state index contributed by atoms with van der Waals surface area (Å²) in [5, 5.41) is 9.97. The molecule has 0 heterocycles. The van der Waals surface area contributed by atoms with Crippen molar-refractivity contribution in [3.8, 4) is 5.75 Å². The van der Waals surface area contributed by atoms with Gasteiger partial charge in [-0.2, -0.15) is 0 Å². The number of hydrogen-bond donors (Lipinski definition) is 2. The zero-order valence-corrected chi connectivity index (χ0v) is 13.4. The highest BCUT2D eigenvalue weighted by molar-refractivity contribution is 7.89. The van der Waals surface area contributed by atoms with Crippen molar-refractivity contribution in [1.82, 2.24) is 4.72 Å². The predicted molar refractivity (Wildman–Crippen MR) is 84.2 cm³/mol. The molecule has 0 aliphatic rings. The molecule has 124 valence electrons. The van der Waals surface area contributed by atoms with E-state index in [1.165, 1.54) is 43.5 Å². The highest BCUT2D eigenvalue weighted by atomic mass is 32.2. The van der Waals surface area contributed by atoms with Crippen LogP contribution < -0.4 is 9.46 Å². The number of rotatable bonds is 7. The molecular formula is C16H18FNO4S. The fraction of sp³-hybridized carbons (Fsp3) is 0.250. The van der Waals surface area contributed by atoms with Gasteiger partial charge in [0.1, 0.15) is 11.6 Å². The van der Waals surface area contributed by atoms with Crippen molar-refractivity contribution >= 4 is 10.0 Å². The summed E-state index contributed by atoms with van der Waals surface area (Å²) >= 11 is 0. The van der Waals surface area contributed by atoms with Gasteiger partial charge in [0.05, 0.1) is 18.1 Å². The lowest BCUT2D eigenvalue weighted by molar-refractivity contribution is 0.169. The van der Waals surface area contributed by atoms with Crippen LogP contribution in [0.2, 0.25) is 0 Å². The van der Waals surface area contributed by atoms with Crippen molar-refractivity contribution in [2.24, 2.45) is 0 Å². The third kappa shape index (κ3) is 4.75. The Morgan fingerprint density at radius 1 is 1.13 bits per heavy atom. The van der Waals surface area contributed by atoms with E-state index in [4.69, 9.17) is 4.74 Å². The molecule has 2 aromatic carbocycles. The molecule has 5 nitrogen and oxygen atoms in total. The Balaban J connectivity index is 1.92. The first-order chi connectivity index (χ1) is 10.9. The number of aliphatic hydroxyl groups is 1. The molecule has 23 heavy (non-hydrogen) atoms. The molecular weight excluding hydrogens is 321 g/mol. The number of sulfonamides is 1. The van der Waals surface area contributed by atoms with Gasteiger partial charge in [0.25, 0.3) is 0 Å². The summed E-state index contributed by atoms with van der Waals surface area (Å²) in [6, 6.07) is 11.4. The van der Waals surface area contributed by atoms with Gasteiger partial charge < -0.3 is 9.84 Å². The van der Waals surface area contributed by atoms with E-state index in [1.54, 1.807) is 12.1 Å². The van der Waals surface area contributed by atoms with E-state index in [1.807, 2.05) is 0 Å². The van der Waals surface area contributed by atoms with Gasteiger partial charge in [-0.05, 0) is 48.4 Å². The summed E-state index contributed by atoms with van der Waals surface area (Å²) < 4.78 is 44.4. The standard InChI is InChI=1S/C16H18FNO4S/c1-22-14-6-8-15(9-7-14)23(20,21)18-11-10-16(19)12-2-4-13(17)5-3-12/h2-9,16,18-19H,10-11H2,1H3. The fourth-order valence-corrected chi connectivity index (χ4v) is 3.07. The molecule has 0 saturated heterocycles. The minimum atomic E-state index is -3.65. The maximum absolute atomic E-state index is 12.8. The van der Waals surface area contributed by atoms with Gasteiger partial charge in [-0.3, -0.25) is 0 Å². The normalized spacial score (nSPS) is 12.8. The molecule has 0 aliphatic carbocycles. The second-order valence-electron chi connectivity index (χ2n) is 4.93. The Kier molecular flexibility index (Phi) is 5.70. The molecule has 0 fully saturated rings. The summed E-state index contributed by atoms with van der Waals surface area (Å²) in [4.78, 5) is 0.120. The Hall–Kier alpha value is -1.96. The first-order valence-electron chi connectivity index (χ1n) is 6.99. The molecule has 1 atom stereocenters. The van der Waals surface area contributed by atoms with E-state index < -0.39 is 16.1 Å². The van der Waals surface area contributed by atoms with Crippen LogP contribution in [0.5, 0.6) is 5.75 Å². The highest BCUT2D eigenvalue weighted by Gasteiger charge is 2.15. The van der Waals surface area contributed by atoms with Crippen LogP contribution in [0.1, 0.15) is 18.1 Å². The SMILES string of the molecule is COc1ccc(S(=O)(=O)NCCC(O)c2ccc(F)cc2)cc1. The van der Waals surface area contributed by atoms with Crippen molar-refractivity contribution < 1.29 is 22.7 Å². The maximum Gasteiger partial charge on any atom is 0.240 e. The Labute approximate surface area is 134 Å². The van der Waals surface area contributed by atoms with Crippen molar-refractivity contribution in [2.75, 3.05) is 13.7 Å². The van der Waals surface area contributed by atoms with Crippen LogP contribution in [-0.4, -0.2) is 27.2 Å². The predicted octanol–water partition coefficient (Wildman–Crippen LogP) is 2.24. The topological polar surface area (TPSA) is 75.6 Å². The second-order valence-corrected chi connectivity index (χ2v) is 6.70. The molecule has 0 spiro atoms.